The monoisotopic (exact) mass is 266 g/mol. The summed E-state index contributed by atoms with van der Waals surface area (Å²) in [5, 5.41) is -0.657. The van der Waals surface area contributed by atoms with E-state index in [1.807, 2.05) is 0 Å². The summed E-state index contributed by atoms with van der Waals surface area (Å²) in [4.78, 5) is 13.2. The highest BCUT2D eigenvalue weighted by atomic mass is 32.2. The maximum absolute atomic E-state index is 11.8. The fraction of sp³-hybridized carbons (Fsp3) is 0.889. The van der Waals surface area contributed by atoms with Crippen molar-refractivity contribution in [3.63, 3.8) is 0 Å². The van der Waals surface area contributed by atoms with Gasteiger partial charge in [0, 0.05) is 36.8 Å². The molecule has 1 aliphatic heterocycles. The lowest BCUT2D eigenvalue weighted by Gasteiger charge is -2.34. The van der Waals surface area contributed by atoms with Crippen molar-refractivity contribution in [2.45, 2.75) is 18.7 Å². The van der Waals surface area contributed by atoms with Crippen LogP contribution in [0.3, 0.4) is 0 Å². The van der Waals surface area contributed by atoms with Gasteiger partial charge in [0.15, 0.2) is 9.84 Å². The predicted molar refractivity (Wildman–Crippen MR) is 66.0 cm³/mol. The molecule has 0 aromatic carbocycles. The first-order valence-corrected chi connectivity index (χ1v) is 8.18. The van der Waals surface area contributed by atoms with Crippen molar-refractivity contribution < 1.29 is 13.2 Å². The third-order valence-corrected chi connectivity index (χ3v) is 5.87. The van der Waals surface area contributed by atoms with Gasteiger partial charge in [0.2, 0.25) is 5.91 Å². The van der Waals surface area contributed by atoms with Crippen LogP contribution in [0.2, 0.25) is 0 Å². The molecule has 16 heavy (non-hydrogen) atoms. The molecular weight excluding hydrogens is 248 g/mol. The Bertz CT molecular complexity index is 343. The number of hydrogen-bond donors (Lipinski definition) is 1. The van der Waals surface area contributed by atoms with Crippen molar-refractivity contribution >= 4 is 27.5 Å². The molecule has 2 N–H and O–H groups in total. The zero-order valence-electron chi connectivity index (χ0n) is 9.39. The van der Waals surface area contributed by atoms with Crippen LogP contribution >= 0.6 is 11.8 Å². The molecule has 1 aliphatic rings. The molecule has 0 spiro atoms. The van der Waals surface area contributed by atoms with E-state index >= 15 is 0 Å². The molecule has 1 rings (SSSR count). The summed E-state index contributed by atoms with van der Waals surface area (Å²) < 4.78 is 23.7. The molecule has 1 atom stereocenters. The minimum atomic E-state index is -3.19. The minimum Gasteiger partial charge on any atom is -0.330 e. The number of hydrogen-bond acceptors (Lipinski definition) is 5. The number of sulfone groups is 1. The summed E-state index contributed by atoms with van der Waals surface area (Å²) in [6.07, 6.45) is 0.223. The quantitative estimate of drug-likeness (QED) is 0.754. The van der Waals surface area contributed by atoms with Crippen molar-refractivity contribution in [2.75, 3.05) is 30.3 Å². The van der Waals surface area contributed by atoms with Gasteiger partial charge in [0.05, 0.1) is 0 Å². The van der Waals surface area contributed by atoms with Gasteiger partial charge in [-0.1, -0.05) is 6.92 Å². The van der Waals surface area contributed by atoms with Crippen molar-refractivity contribution in [3.8, 4) is 0 Å². The largest absolute Gasteiger partial charge is 0.330 e. The molecule has 1 fully saturated rings. The van der Waals surface area contributed by atoms with Crippen LogP contribution in [0, 0.1) is 0 Å². The van der Waals surface area contributed by atoms with E-state index in [1.165, 1.54) is 4.90 Å². The summed E-state index contributed by atoms with van der Waals surface area (Å²) in [6.45, 7) is 2.38. The van der Waals surface area contributed by atoms with Crippen molar-refractivity contribution in [2.24, 2.45) is 5.73 Å². The number of rotatable bonds is 4. The Balaban J connectivity index is 2.83. The van der Waals surface area contributed by atoms with Crippen LogP contribution in [0.1, 0.15) is 13.3 Å². The number of carbonyl (C=O) groups is 1. The lowest BCUT2D eigenvalue weighted by Crippen LogP contribution is -2.51. The molecule has 0 saturated carbocycles. The third kappa shape index (κ3) is 3.11. The number of nitrogens with two attached hydrogens (primary N) is 1. The highest BCUT2D eigenvalue weighted by Gasteiger charge is 2.35. The van der Waals surface area contributed by atoms with E-state index < -0.39 is 15.2 Å². The molecule has 1 amide bonds. The van der Waals surface area contributed by atoms with E-state index in [2.05, 4.69) is 0 Å². The summed E-state index contributed by atoms with van der Waals surface area (Å²) >= 11 is 1.58. The Kier molecular flexibility index (Phi) is 5.07. The van der Waals surface area contributed by atoms with Crippen LogP contribution in [-0.4, -0.2) is 54.9 Å². The molecule has 5 nitrogen and oxygen atoms in total. The van der Waals surface area contributed by atoms with E-state index in [4.69, 9.17) is 5.73 Å². The molecule has 0 aliphatic carbocycles. The van der Waals surface area contributed by atoms with Gasteiger partial charge in [-0.25, -0.2) is 8.42 Å². The standard InChI is InChI=1S/C9H18N2O3S2/c1-2-16(13,14)9-7-15-6-5-11(9)8(12)3-4-10/h9H,2-7,10H2,1H3. The summed E-state index contributed by atoms with van der Waals surface area (Å²) in [7, 11) is -3.19. The molecular formula is C9H18N2O3S2. The maximum Gasteiger partial charge on any atom is 0.224 e. The molecule has 7 heteroatoms. The number of thioether (sulfide) groups is 1. The summed E-state index contributed by atoms with van der Waals surface area (Å²) in [5.41, 5.74) is 5.32. The Morgan fingerprint density at radius 3 is 2.81 bits per heavy atom. The van der Waals surface area contributed by atoms with Crippen LogP contribution < -0.4 is 5.73 Å². The lowest BCUT2D eigenvalue weighted by molar-refractivity contribution is -0.131. The van der Waals surface area contributed by atoms with Gasteiger partial charge in [-0.2, -0.15) is 11.8 Å². The van der Waals surface area contributed by atoms with Crippen molar-refractivity contribution in [3.05, 3.63) is 0 Å². The van der Waals surface area contributed by atoms with Gasteiger partial charge in [-0.05, 0) is 0 Å². The Morgan fingerprint density at radius 2 is 2.25 bits per heavy atom. The fourth-order valence-electron chi connectivity index (χ4n) is 1.62. The molecule has 0 bridgehead atoms. The summed E-state index contributed by atoms with van der Waals surface area (Å²) in [5.74, 6) is 1.20. The molecule has 1 heterocycles. The van der Waals surface area contributed by atoms with E-state index in [0.29, 0.717) is 12.3 Å². The highest BCUT2D eigenvalue weighted by Crippen LogP contribution is 2.21. The van der Waals surface area contributed by atoms with E-state index in [-0.39, 0.29) is 24.6 Å². The number of carbonyl (C=O) groups excluding carboxylic acids is 1. The van der Waals surface area contributed by atoms with Crippen LogP contribution in [-0.2, 0) is 14.6 Å². The number of nitrogens with zero attached hydrogens (tertiary/aromatic N) is 1. The molecule has 0 radical (unpaired) electrons. The average Bonchev–Trinajstić information content (AvgIpc) is 2.29. The average molecular weight is 266 g/mol. The second-order valence-electron chi connectivity index (χ2n) is 3.61. The van der Waals surface area contributed by atoms with Crippen LogP contribution in [0.15, 0.2) is 0 Å². The van der Waals surface area contributed by atoms with Crippen molar-refractivity contribution in [1.29, 1.82) is 0 Å². The van der Waals surface area contributed by atoms with Crippen molar-refractivity contribution in [1.82, 2.24) is 4.90 Å². The predicted octanol–water partition coefficient (Wildman–Crippen LogP) is -0.329. The second-order valence-corrected chi connectivity index (χ2v) is 7.20. The first kappa shape index (κ1) is 13.8. The minimum absolute atomic E-state index is 0.0740. The first-order valence-electron chi connectivity index (χ1n) is 5.31. The molecule has 94 valence electrons. The molecule has 1 saturated heterocycles. The molecule has 0 aromatic rings. The first-order chi connectivity index (χ1) is 7.53. The van der Waals surface area contributed by atoms with Gasteiger partial charge < -0.3 is 10.6 Å². The van der Waals surface area contributed by atoms with Gasteiger partial charge in [0.25, 0.3) is 0 Å². The zero-order valence-corrected chi connectivity index (χ0v) is 11.0. The topological polar surface area (TPSA) is 80.5 Å². The van der Waals surface area contributed by atoms with Gasteiger partial charge in [0.1, 0.15) is 5.37 Å². The second kappa shape index (κ2) is 5.88. The third-order valence-electron chi connectivity index (χ3n) is 2.58. The highest BCUT2D eigenvalue weighted by molar-refractivity contribution is 8.01. The Morgan fingerprint density at radius 1 is 1.56 bits per heavy atom. The van der Waals surface area contributed by atoms with Gasteiger partial charge in [-0.15, -0.1) is 0 Å². The lowest BCUT2D eigenvalue weighted by atomic mass is 10.3. The number of amides is 1. The van der Waals surface area contributed by atoms with Crippen LogP contribution in [0.4, 0.5) is 0 Å². The van der Waals surface area contributed by atoms with Gasteiger partial charge in [-0.3, -0.25) is 4.79 Å². The molecule has 0 aromatic heterocycles. The van der Waals surface area contributed by atoms with E-state index in [0.717, 1.165) is 5.75 Å². The van der Waals surface area contributed by atoms with E-state index in [9.17, 15) is 13.2 Å². The Labute approximate surface area is 101 Å². The smallest absolute Gasteiger partial charge is 0.224 e. The van der Waals surface area contributed by atoms with Crippen LogP contribution in [0.5, 0.6) is 0 Å². The Hall–Kier alpha value is -0.270. The fourth-order valence-corrected chi connectivity index (χ4v) is 4.61. The maximum atomic E-state index is 11.8. The molecule has 1 unspecified atom stereocenters. The SMILES string of the molecule is CCS(=O)(=O)C1CSCCN1C(=O)CCN. The summed E-state index contributed by atoms with van der Waals surface area (Å²) in [6, 6.07) is 0. The van der Waals surface area contributed by atoms with E-state index in [1.54, 1.807) is 18.7 Å². The normalized spacial score (nSPS) is 22.1. The van der Waals surface area contributed by atoms with Crippen LogP contribution in [0.25, 0.3) is 0 Å². The zero-order chi connectivity index (χ0) is 12.2. The van der Waals surface area contributed by atoms with Gasteiger partial charge >= 0.3 is 0 Å².